The fourth-order valence-electron chi connectivity index (χ4n) is 2.56. The normalized spacial score (nSPS) is 11.1. The molecule has 1 heterocycles. The highest BCUT2D eigenvalue weighted by Crippen LogP contribution is 2.24. The summed E-state index contributed by atoms with van der Waals surface area (Å²) < 4.78 is 28.5. The lowest BCUT2D eigenvalue weighted by Gasteiger charge is -2.14. The molecule has 112 valence electrons. The molecule has 3 aromatic rings. The lowest BCUT2D eigenvalue weighted by molar-refractivity contribution is 0.575. The van der Waals surface area contributed by atoms with Crippen molar-refractivity contribution in [2.45, 2.75) is 13.3 Å². The van der Waals surface area contributed by atoms with Crippen LogP contribution in [0.15, 0.2) is 47.3 Å². The van der Waals surface area contributed by atoms with Gasteiger partial charge in [-0.05, 0) is 36.1 Å². The summed E-state index contributed by atoms with van der Waals surface area (Å²) in [5, 5.41) is 1.33. The molecule has 0 aliphatic rings. The highest BCUT2D eigenvalue weighted by molar-refractivity contribution is 6.35. The van der Waals surface area contributed by atoms with Gasteiger partial charge in [0.15, 0.2) is 0 Å². The maximum atomic E-state index is 14.1. The van der Waals surface area contributed by atoms with Crippen molar-refractivity contribution in [1.82, 2.24) is 4.57 Å². The number of hydrogen-bond acceptors (Lipinski definition) is 1. The largest absolute Gasteiger partial charge is 0.278 e. The molecule has 2 nitrogen and oxygen atoms in total. The summed E-state index contributed by atoms with van der Waals surface area (Å²) in [4.78, 5) is 12.8. The molecule has 1 aromatic heterocycles. The van der Waals surface area contributed by atoms with E-state index in [4.69, 9.17) is 11.6 Å². The van der Waals surface area contributed by atoms with Gasteiger partial charge in [0.05, 0.1) is 16.1 Å². The first-order valence-corrected chi connectivity index (χ1v) is 7.19. The zero-order valence-corrected chi connectivity index (χ0v) is 12.5. The summed E-state index contributed by atoms with van der Waals surface area (Å²) in [6, 6.07) is 10.1. The van der Waals surface area contributed by atoms with Crippen LogP contribution in [-0.2, 0) is 6.42 Å². The number of halogens is 3. The van der Waals surface area contributed by atoms with E-state index in [2.05, 4.69) is 0 Å². The summed E-state index contributed by atoms with van der Waals surface area (Å²) in [6.07, 6.45) is 0.522. The topological polar surface area (TPSA) is 22.0 Å². The van der Waals surface area contributed by atoms with Crippen LogP contribution in [0.25, 0.3) is 16.5 Å². The Morgan fingerprint density at radius 3 is 2.59 bits per heavy atom. The average Bonchev–Trinajstić information content (AvgIpc) is 2.48. The monoisotopic (exact) mass is 319 g/mol. The third-order valence-corrected chi connectivity index (χ3v) is 3.90. The minimum Gasteiger partial charge on any atom is -0.278 e. The van der Waals surface area contributed by atoms with Crippen LogP contribution in [-0.4, -0.2) is 4.57 Å². The van der Waals surface area contributed by atoms with E-state index in [-0.39, 0.29) is 5.69 Å². The molecule has 5 heteroatoms. The Morgan fingerprint density at radius 1 is 1.14 bits per heavy atom. The third-order valence-electron chi connectivity index (χ3n) is 3.58. The SMILES string of the molecule is CCc1cc2cccc(Cl)c2c(=O)n1-c1ccc(F)cc1F. The highest BCUT2D eigenvalue weighted by Gasteiger charge is 2.15. The van der Waals surface area contributed by atoms with Crippen molar-refractivity contribution in [1.29, 1.82) is 0 Å². The molecule has 0 saturated carbocycles. The summed E-state index contributed by atoms with van der Waals surface area (Å²) in [5.41, 5.74) is 0.237. The number of rotatable bonds is 2. The molecule has 0 radical (unpaired) electrons. The molecular weight excluding hydrogens is 308 g/mol. The minimum atomic E-state index is -0.789. The van der Waals surface area contributed by atoms with E-state index in [1.165, 1.54) is 10.6 Å². The van der Waals surface area contributed by atoms with Gasteiger partial charge in [0.2, 0.25) is 0 Å². The number of fused-ring (bicyclic) bond motifs is 1. The molecule has 0 aliphatic carbocycles. The number of aromatic nitrogens is 1. The van der Waals surface area contributed by atoms with Crippen LogP contribution in [0.5, 0.6) is 0 Å². The quantitative estimate of drug-likeness (QED) is 0.682. The number of nitrogens with zero attached hydrogens (tertiary/aromatic N) is 1. The molecule has 0 fully saturated rings. The lowest BCUT2D eigenvalue weighted by Crippen LogP contribution is -2.23. The molecule has 3 rings (SSSR count). The van der Waals surface area contributed by atoms with Crippen molar-refractivity contribution < 1.29 is 8.78 Å². The molecule has 0 aliphatic heterocycles. The number of benzene rings is 2. The molecule has 22 heavy (non-hydrogen) atoms. The second-order valence-electron chi connectivity index (χ2n) is 4.93. The second kappa shape index (κ2) is 5.54. The predicted octanol–water partition coefficient (Wildman–Crippen LogP) is 4.48. The summed E-state index contributed by atoms with van der Waals surface area (Å²) in [6.45, 7) is 1.86. The van der Waals surface area contributed by atoms with Crippen molar-refractivity contribution in [3.8, 4) is 5.69 Å². The van der Waals surface area contributed by atoms with Crippen LogP contribution < -0.4 is 5.56 Å². The Kier molecular flexibility index (Phi) is 3.71. The van der Waals surface area contributed by atoms with Crippen LogP contribution in [0, 0.1) is 11.6 Å². The van der Waals surface area contributed by atoms with E-state index in [0.29, 0.717) is 27.9 Å². The van der Waals surface area contributed by atoms with E-state index >= 15 is 0 Å². The van der Waals surface area contributed by atoms with Crippen molar-refractivity contribution >= 4 is 22.4 Å². The van der Waals surface area contributed by atoms with Gasteiger partial charge in [0.25, 0.3) is 5.56 Å². The van der Waals surface area contributed by atoms with E-state index < -0.39 is 17.2 Å². The third kappa shape index (κ3) is 2.29. The van der Waals surface area contributed by atoms with Gasteiger partial charge in [-0.15, -0.1) is 0 Å². The minimum absolute atomic E-state index is 0.0186. The van der Waals surface area contributed by atoms with Crippen molar-refractivity contribution in [2.24, 2.45) is 0 Å². The Bertz CT molecular complexity index is 934. The van der Waals surface area contributed by atoms with Gasteiger partial charge < -0.3 is 0 Å². The fourth-order valence-corrected chi connectivity index (χ4v) is 2.82. The van der Waals surface area contributed by atoms with Crippen molar-refractivity contribution in [3.05, 3.63) is 75.2 Å². The van der Waals surface area contributed by atoms with E-state index in [0.717, 1.165) is 12.1 Å². The molecule has 0 bridgehead atoms. The maximum absolute atomic E-state index is 14.1. The second-order valence-corrected chi connectivity index (χ2v) is 5.34. The molecule has 2 aromatic carbocycles. The Labute approximate surface area is 130 Å². The van der Waals surface area contributed by atoms with Crippen LogP contribution in [0.3, 0.4) is 0 Å². The van der Waals surface area contributed by atoms with Gasteiger partial charge >= 0.3 is 0 Å². The van der Waals surface area contributed by atoms with E-state index in [1.54, 1.807) is 24.3 Å². The van der Waals surface area contributed by atoms with Gasteiger partial charge in [0, 0.05) is 11.8 Å². The smallest absolute Gasteiger partial charge is 0.264 e. The molecular formula is C17H12ClF2NO. The Morgan fingerprint density at radius 2 is 1.91 bits per heavy atom. The Hall–Kier alpha value is -2.20. The number of pyridine rings is 1. The highest BCUT2D eigenvalue weighted by atomic mass is 35.5. The first-order valence-electron chi connectivity index (χ1n) is 6.81. The summed E-state index contributed by atoms with van der Waals surface area (Å²) in [7, 11) is 0. The zero-order chi connectivity index (χ0) is 15.9. The van der Waals surface area contributed by atoms with Crippen molar-refractivity contribution in [3.63, 3.8) is 0 Å². The van der Waals surface area contributed by atoms with E-state index in [9.17, 15) is 13.6 Å². The van der Waals surface area contributed by atoms with Crippen molar-refractivity contribution in [2.75, 3.05) is 0 Å². The number of aryl methyl sites for hydroxylation is 1. The van der Waals surface area contributed by atoms with Crippen LogP contribution in [0.2, 0.25) is 5.02 Å². The predicted molar refractivity (Wildman–Crippen MR) is 83.8 cm³/mol. The maximum Gasteiger partial charge on any atom is 0.264 e. The van der Waals surface area contributed by atoms with Gasteiger partial charge in [-0.25, -0.2) is 8.78 Å². The van der Waals surface area contributed by atoms with Gasteiger partial charge in [0.1, 0.15) is 11.6 Å². The zero-order valence-electron chi connectivity index (χ0n) is 11.7. The van der Waals surface area contributed by atoms with E-state index in [1.807, 2.05) is 6.92 Å². The molecule has 0 spiro atoms. The summed E-state index contributed by atoms with van der Waals surface area (Å²) >= 11 is 6.12. The van der Waals surface area contributed by atoms with Gasteiger partial charge in [-0.1, -0.05) is 30.7 Å². The molecule has 0 amide bonds. The van der Waals surface area contributed by atoms with Gasteiger partial charge in [-0.3, -0.25) is 9.36 Å². The lowest BCUT2D eigenvalue weighted by atomic mass is 10.1. The molecule has 0 unspecified atom stereocenters. The molecule has 0 atom stereocenters. The molecule has 0 saturated heterocycles. The standard InChI is InChI=1S/C17H12ClF2NO/c1-2-12-8-10-4-3-5-13(18)16(10)17(22)21(12)15-7-6-11(19)9-14(15)20/h3-9H,2H2,1H3. The molecule has 0 N–H and O–H groups in total. The van der Waals surface area contributed by atoms with Crippen LogP contribution in [0.1, 0.15) is 12.6 Å². The van der Waals surface area contributed by atoms with Crippen LogP contribution >= 0.6 is 11.6 Å². The fraction of sp³-hybridized carbons (Fsp3) is 0.118. The van der Waals surface area contributed by atoms with Gasteiger partial charge in [-0.2, -0.15) is 0 Å². The first kappa shape index (κ1) is 14.7. The first-order chi connectivity index (χ1) is 10.5. The Balaban J connectivity index is 2.45. The van der Waals surface area contributed by atoms with Crippen LogP contribution in [0.4, 0.5) is 8.78 Å². The summed E-state index contributed by atoms with van der Waals surface area (Å²) in [5.74, 6) is -1.48. The number of hydrogen-bond donors (Lipinski definition) is 0. The average molecular weight is 320 g/mol.